The van der Waals surface area contributed by atoms with Crippen LogP contribution in [0.1, 0.15) is 29.8 Å². The number of nitrogens with zero attached hydrogens (tertiary/aromatic N) is 1. The van der Waals surface area contributed by atoms with Crippen molar-refractivity contribution in [3.05, 3.63) is 65.7 Å². The van der Waals surface area contributed by atoms with Crippen molar-refractivity contribution in [1.29, 1.82) is 0 Å². The Bertz CT molecular complexity index is 835. The monoisotopic (exact) mass is 337 g/mol. The Morgan fingerprint density at radius 2 is 1.80 bits per heavy atom. The molecule has 1 unspecified atom stereocenters. The van der Waals surface area contributed by atoms with Crippen molar-refractivity contribution in [3.8, 4) is 0 Å². The van der Waals surface area contributed by atoms with Crippen LogP contribution in [-0.2, 0) is 10.3 Å². The molecule has 6 nitrogen and oxygen atoms in total. The number of benzene rings is 2. The first-order valence-electron chi connectivity index (χ1n) is 8.06. The molecule has 6 heteroatoms. The van der Waals surface area contributed by atoms with Crippen LogP contribution in [0.2, 0.25) is 0 Å². The predicted molar refractivity (Wildman–Crippen MR) is 94.3 cm³/mol. The summed E-state index contributed by atoms with van der Waals surface area (Å²) in [4.78, 5) is 38.2. The number of urea groups is 1. The van der Waals surface area contributed by atoms with Gasteiger partial charge in [-0.05, 0) is 43.7 Å². The third-order valence-electron chi connectivity index (χ3n) is 4.36. The van der Waals surface area contributed by atoms with Crippen LogP contribution in [0.15, 0.2) is 54.6 Å². The molecule has 0 spiro atoms. The fourth-order valence-corrected chi connectivity index (χ4v) is 2.92. The molecule has 1 atom stereocenters. The highest BCUT2D eigenvalue weighted by atomic mass is 16.2. The molecule has 25 heavy (non-hydrogen) atoms. The first kappa shape index (κ1) is 16.7. The van der Waals surface area contributed by atoms with Crippen molar-refractivity contribution < 1.29 is 14.4 Å². The fraction of sp³-hybridized carbons (Fsp3) is 0.211. The minimum absolute atomic E-state index is 0.163. The first-order valence-corrected chi connectivity index (χ1v) is 8.06. The summed E-state index contributed by atoms with van der Waals surface area (Å²) in [5, 5.41) is 4.84. The van der Waals surface area contributed by atoms with Crippen LogP contribution in [0.25, 0.3) is 0 Å². The van der Waals surface area contributed by atoms with E-state index in [2.05, 4.69) is 10.6 Å². The Balaban J connectivity index is 1.95. The smallest absolute Gasteiger partial charge is 0.320 e. The van der Waals surface area contributed by atoms with E-state index < -0.39 is 17.5 Å². The van der Waals surface area contributed by atoms with Crippen LogP contribution in [0.4, 0.5) is 10.5 Å². The van der Waals surface area contributed by atoms with Crippen LogP contribution in [0.3, 0.4) is 0 Å². The maximum atomic E-state index is 12.9. The third kappa shape index (κ3) is 2.98. The van der Waals surface area contributed by atoms with Crippen LogP contribution in [0, 0.1) is 0 Å². The average Bonchev–Trinajstić information content (AvgIpc) is 2.89. The van der Waals surface area contributed by atoms with Gasteiger partial charge in [0, 0.05) is 17.8 Å². The van der Waals surface area contributed by atoms with Gasteiger partial charge in [-0.2, -0.15) is 0 Å². The van der Waals surface area contributed by atoms with Crippen molar-refractivity contribution in [1.82, 2.24) is 10.6 Å². The lowest BCUT2D eigenvalue weighted by molar-refractivity contribution is -0.123. The third-order valence-corrected chi connectivity index (χ3v) is 4.36. The molecule has 1 fully saturated rings. The molecule has 2 N–H and O–H groups in total. The fourth-order valence-electron chi connectivity index (χ4n) is 2.92. The molecular weight excluding hydrogens is 318 g/mol. The molecule has 128 valence electrons. The van der Waals surface area contributed by atoms with Crippen molar-refractivity contribution in [3.63, 3.8) is 0 Å². The maximum absolute atomic E-state index is 12.9. The Kier molecular flexibility index (Phi) is 4.27. The van der Waals surface area contributed by atoms with Gasteiger partial charge in [0.25, 0.3) is 11.8 Å². The molecule has 1 heterocycles. The van der Waals surface area contributed by atoms with Crippen molar-refractivity contribution in [2.24, 2.45) is 0 Å². The van der Waals surface area contributed by atoms with E-state index in [0.29, 0.717) is 17.7 Å². The highest BCUT2D eigenvalue weighted by Crippen LogP contribution is 2.26. The molecule has 0 bridgehead atoms. The lowest BCUT2D eigenvalue weighted by Crippen LogP contribution is -2.40. The molecule has 1 aliphatic heterocycles. The van der Waals surface area contributed by atoms with Crippen molar-refractivity contribution >= 4 is 23.5 Å². The number of amides is 4. The van der Waals surface area contributed by atoms with Crippen molar-refractivity contribution in [2.75, 3.05) is 11.4 Å². The Morgan fingerprint density at radius 3 is 2.40 bits per heavy atom. The molecule has 1 saturated heterocycles. The zero-order valence-corrected chi connectivity index (χ0v) is 14.1. The molecule has 0 radical (unpaired) electrons. The van der Waals surface area contributed by atoms with Crippen LogP contribution in [-0.4, -0.2) is 24.4 Å². The van der Waals surface area contributed by atoms with Gasteiger partial charge in [0.1, 0.15) is 5.54 Å². The number of para-hydroxylation sites is 1. The second-order valence-electron chi connectivity index (χ2n) is 6.00. The van der Waals surface area contributed by atoms with E-state index in [0.717, 1.165) is 5.69 Å². The van der Waals surface area contributed by atoms with Crippen LogP contribution >= 0.6 is 0 Å². The minimum Gasteiger partial charge on any atom is -0.320 e. The largest absolute Gasteiger partial charge is 0.322 e. The van der Waals surface area contributed by atoms with Gasteiger partial charge >= 0.3 is 6.03 Å². The number of carbonyl (C=O) groups excluding carboxylic acids is 3. The topological polar surface area (TPSA) is 78.5 Å². The van der Waals surface area contributed by atoms with Gasteiger partial charge in [-0.1, -0.05) is 30.3 Å². The number of anilines is 1. The first-order chi connectivity index (χ1) is 12.0. The lowest BCUT2D eigenvalue weighted by Gasteiger charge is -2.24. The number of nitrogens with one attached hydrogen (secondary N) is 2. The SMILES string of the molecule is CCN(C(=O)c1cccc(C2(C)NC(=O)NC2=O)c1)c1ccccc1. The number of imide groups is 1. The second kappa shape index (κ2) is 6.39. The summed E-state index contributed by atoms with van der Waals surface area (Å²) in [6.07, 6.45) is 0. The van der Waals surface area contributed by atoms with Crippen LogP contribution in [0.5, 0.6) is 0 Å². The molecule has 1 aliphatic rings. The summed E-state index contributed by atoms with van der Waals surface area (Å²) in [7, 11) is 0. The van der Waals surface area contributed by atoms with Gasteiger partial charge in [0.2, 0.25) is 0 Å². The summed E-state index contributed by atoms with van der Waals surface area (Å²) in [5.41, 5.74) is 0.639. The highest BCUT2D eigenvalue weighted by molar-refractivity contribution is 6.08. The van der Waals surface area contributed by atoms with E-state index in [9.17, 15) is 14.4 Å². The molecular formula is C19H19N3O3. The van der Waals surface area contributed by atoms with E-state index in [-0.39, 0.29) is 5.91 Å². The molecule has 2 aromatic rings. The minimum atomic E-state index is -1.18. The Labute approximate surface area is 145 Å². The van der Waals surface area contributed by atoms with Gasteiger partial charge < -0.3 is 10.2 Å². The summed E-state index contributed by atoms with van der Waals surface area (Å²) in [6, 6.07) is 15.6. The Morgan fingerprint density at radius 1 is 1.08 bits per heavy atom. The van der Waals surface area contributed by atoms with Gasteiger partial charge in [0.15, 0.2) is 0 Å². The molecule has 0 aliphatic carbocycles. The predicted octanol–water partition coefficient (Wildman–Crippen LogP) is 2.41. The summed E-state index contributed by atoms with van der Waals surface area (Å²) >= 11 is 0. The molecule has 0 saturated carbocycles. The normalized spacial score (nSPS) is 19.3. The number of hydrogen-bond acceptors (Lipinski definition) is 3. The van der Waals surface area contributed by atoms with Gasteiger partial charge in [-0.15, -0.1) is 0 Å². The zero-order valence-electron chi connectivity index (χ0n) is 14.1. The number of rotatable bonds is 4. The summed E-state index contributed by atoms with van der Waals surface area (Å²) < 4.78 is 0. The molecule has 3 rings (SSSR count). The number of carbonyl (C=O) groups is 3. The average molecular weight is 337 g/mol. The van der Waals surface area contributed by atoms with Gasteiger partial charge in [-0.25, -0.2) is 4.79 Å². The van der Waals surface area contributed by atoms with E-state index in [1.54, 1.807) is 36.1 Å². The van der Waals surface area contributed by atoms with Crippen molar-refractivity contribution in [2.45, 2.75) is 19.4 Å². The Hall–Kier alpha value is -3.15. The molecule has 4 amide bonds. The van der Waals surface area contributed by atoms with E-state index in [1.807, 2.05) is 37.3 Å². The summed E-state index contributed by atoms with van der Waals surface area (Å²) in [5.74, 6) is -0.596. The van der Waals surface area contributed by atoms with Crippen LogP contribution < -0.4 is 15.5 Å². The lowest BCUT2D eigenvalue weighted by atomic mass is 9.91. The summed E-state index contributed by atoms with van der Waals surface area (Å²) in [6.45, 7) is 4.04. The number of hydrogen-bond donors (Lipinski definition) is 2. The highest BCUT2D eigenvalue weighted by Gasteiger charge is 2.43. The second-order valence-corrected chi connectivity index (χ2v) is 6.00. The van der Waals surface area contributed by atoms with E-state index in [4.69, 9.17) is 0 Å². The standard InChI is InChI=1S/C19H19N3O3/c1-3-22(15-10-5-4-6-11-15)16(23)13-8-7-9-14(12-13)19(2)17(24)20-18(25)21-19/h4-12H,3H2,1-2H3,(H2,20,21,24,25). The molecule has 0 aromatic heterocycles. The van der Waals surface area contributed by atoms with Gasteiger partial charge in [0.05, 0.1) is 0 Å². The maximum Gasteiger partial charge on any atom is 0.322 e. The quantitative estimate of drug-likeness (QED) is 0.841. The molecule has 2 aromatic carbocycles. The van der Waals surface area contributed by atoms with E-state index in [1.165, 1.54) is 0 Å². The van der Waals surface area contributed by atoms with E-state index >= 15 is 0 Å². The zero-order chi connectivity index (χ0) is 18.0. The van der Waals surface area contributed by atoms with Gasteiger partial charge in [-0.3, -0.25) is 14.9 Å².